The van der Waals surface area contributed by atoms with Crippen molar-refractivity contribution in [1.29, 1.82) is 0 Å². The van der Waals surface area contributed by atoms with E-state index in [9.17, 15) is 13.2 Å². The second kappa shape index (κ2) is 6.59. The van der Waals surface area contributed by atoms with Crippen LogP contribution in [0.5, 0.6) is 0 Å². The van der Waals surface area contributed by atoms with Crippen molar-refractivity contribution in [2.45, 2.75) is 26.1 Å². The van der Waals surface area contributed by atoms with Crippen LogP contribution in [-0.2, 0) is 12.7 Å². The van der Waals surface area contributed by atoms with Gasteiger partial charge in [0.2, 0.25) is 0 Å². The highest BCUT2D eigenvalue weighted by Gasteiger charge is 2.30. The Bertz CT molecular complexity index is 423. The standard InChI is InChI=1S/C15H21F3N2/c1-2-6-19-7-9-20(10-8-19)12-13-4-3-5-14(11-13)15(16,17)18/h3-5,11H,2,6-10,12H2,1H3. The van der Waals surface area contributed by atoms with Gasteiger partial charge in [-0.15, -0.1) is 0 Å². The molecule has 0 amide bonds. The molecule has 1 aliphatic heterocycles. The minimum atomic E-state index is -4.25. The number of piperazine rings is 1. The molecular formula is C15H21F3N2. The van der Waals surface area contributed by atoms with Crippen molar-refractivity contribution < 1.29 is 13.2 Å². The van der Waals surface area contributed by atoms with Gasteiger partial charge in [-0.3, -0.25) is 4.90 Å². The molecule has 0 bridgehead atoms. The van der Waals surface area contributed by atoms with E-state index in [4.69, 9.17) is 0 Å². The second-order valence-electron chi connectivity index (χ2n) is 5.32. The van der Waals surface area contributed by atoms with Crippen molar-refractivity contribution in [3.05, 3.63) is 35.4 Å². The van der Waals surface area contributed by atoms with Gasteiger partial charge in [-0.2, -0.15) is 13.2 Å². The smallest absolute Gasteiger partial charge is 0.301 e. The molecule has 0 N–H and O–H groups in total. The summed E-state index contributed by atoms with van der Waals surface area (Å²) in [6.07, 6.45) is -3.11. The zero-order valence-corrected chi connectivity index (χ0v) is 11.8. The van der Waals surface area contributed by atoms with E-state index < -0.39 is 11.7 Å². The van der Waals surface area contributed by atoms with Crippen LogP contribution in [0.3, 0.4) is 0 Å². The monoisotopic (exact) mass is 286 g/mol. The molecular weight excluding hydrogens is 265 g/mol. The van der Waals surface area contributed by atoms with E-state index in [2.05, 4.69) is 16.7 Å². The van der Waals surface area contributed by atoms with E-state index in [1.807, 2.05) is 0 Å². The number of hydrogen-bond acceptors (Lipinski definition) is 2. The van der Waals surface area contributed by atoms with E-state index >= 15 is 0 Å². The Morgan fingerprint density at radius 1 is 1.05 bits per heavy atom. The minimum Gasteiger partial charge on any atom is -0.301 e. The van der Waals surface area contributed by atoms with Crippen LogP contribution in [0.2, 0.25) is 0 Å². The lowest BCUT2D eigenvalue weighted by molar-refractivity contribution is -0.137. The number of rotatable bonds is 4. The average molecular weight is 286 g/mol. The summed E-state index contributed by atoms with van der Waals surface area (Å²) in [5, 5.41) is 0. The molecule has 0 aliphatic carbocycles. The Hall–Kier alpha value is -1.07. The van der Waals surface area contributed by atoms with Gasteiger partial charge < -0.3 is 4.90 Å². The minimum absolute atomic E-state index is 0.556. The zero-order valence-electron chi connectivity index (χ0n) is 11.8. The molecule has 0 aromatic heterocycles. The molecule has 2 nitrogen and oxygen atoms in total. The van der Waals surface area contributed by atoms with Crippen molar-refractivity contribution in [2.75, 3.05) is 32.7 Å². The Morgan fingerprint density at radius 2 is 1.70 bits per heavy atom. The first-order valence-electron chi connectivity index (χ1n) is 7.10. The molecule has 0 radical (unpaired) electrons. The fraction of sp³-hybridized carbons (Fsp3) is 0.600. The molecule has 20 heavy (non-hydrogen) atoms. The van der Waals surface area contributed by atoms with E-state index in [0.717, 1.165) is 50.8 Å². The molecule has 2 rings (SSSR count). The Balaban J connectivity index is 1.91. The average Bonchev–Trinajstić information content (AvgIpc) is 2.41. The third-order valence-corrected chi connectivity index (χ3v) is 3.67. The highest BCUT2D eigenvalue weighted by molar-refractivity contribution is 5.25. The van der Waals surface area contributed by atoms with Crippen molar-refractivity contribution in [3.63, 3.8) is 0 Å². The molecule has 1 aromatic carbocycles. The number of benzene rings is 1. The molecule has 1 saturated heterocycles. The summed E-state index contributed by atoms with van der Waals surface area (Å²) in [6.45, 7) is 7.74. The van der Waals surface area contributed by atoms with Crippen molar-refractivity contribution in [1.82, 2.24) is 9.80 Å². The van der Waals surface area contributed by atoms with Gasteiger partial charge in [0.05, 0.1) is 5.56 Å². The first-order valence-corrected chi connectivity index (χ1v) is 7.10. The lowest BCUT2D eigenvalue weighted by Gasteiger charge is -2.34. The largest absolute Gasteiger partial charge is 0.416 e. The molecule has 0 atom stereocenters. The van der Waals surface area contributed by atoms with Gasteiger partial charge in [-0.1, -0.05) is 25.1 Å². The molecule has 0 saturated carbocycles. The van der Waals surface area contributed by atoms with Crippen LogP contribution in [-0.4, -0.2) is 42.5 Å². The van der Waals surface area contributed by atoms with Gasteiger partial charge in [-0.25, -0.2) is 0 Å². The van der Waals surface area contributed by atoms with Gasteiger partial charge in [0.25, 0.3) is 0 Å². The van der Waals surface area contributed by atoms with E-state index in [1.54, 1.807) is 6.07 Å². The first-order chi connectivity index (χ1) is 9.49. The quantitative estimate of drug-likeness (QED) is 0.838. The molecule has 0 unspecified atom stereocenters. The second-order valence-corrected chi connectivity index (χ2v) is 5.32. The van der Waals surface area contributed by atoms with E-state index in [0.29, 0.717) is 6.54 Å². The van der Waals surface area contributed by atoms with Crippen molar-refractivity contribution in [3.8, 4) is 0 Å². The Kier molecular flexibility index (Phi) is 5.05. The van der Waals surface area contributed by atoms with Gasteiger partial charge >= 0.3 is 6.18 Å². The van der Waals surface area contributed by atoms with E-state index in [-0.39, 0.29) is 0 Å². The molecule has 5 heteroatoms. The summed E-state index contributed by atoms with van der Waals surface area (Å²) < 4.78 is 38.0. The van der Waals surface area contributed by atoms with E-state index in [1.165, 1.54) is 12.1 Å². The van der Waals surface area contributed by atoms with Gasteiger partial charge in [0, 0.05) is 32.7 Å². The molecule has 1 heterocycles. The maximum absolute atomic E-state index is 12.7. The topological polar surface area (TPSA) is 6.48 Å². The Morgan fingerprint density at radius 3 is 2.30 bits per heavy atom. The summed E-state index contributed by atoms with van der Waals surface area (Å²) in [5.74, 6) is 0. The molecule has 112 valence electrons. The van der Waals surface area contributed by atoms with Crippen LogP contribution in [0, 0.1) is 0 Å². The third kappa shape index (κ3) is 4.21. The predicted octanol–water partition coefficient (Wildman–Crippen LogP) is 3.23. The number of alkyl halides is 3. The maximum atomic E-state index is 12.7. The summed E-state index contributed by atoms with van der Waals surface area (Å²) in [6, 6.07) is 5.65. The number of hydrogen-bond donors (Lipinski definition) is 0. The van der Waals surface area contributed by atoms with Gasteiger partial charge in [0.15, 0.2) is 0 Å². The van der Waals surface area contributed by atoms with Crippen molar-refractivity contribution >= 4 is 0 Å². The van der Waals surface area contributed by atoms with Crippen LogP contribution >= 0.6 is 0 Å². The predicted molar refractivity (Wildman–Crippen MR) is 73.5 cm³/mol. The Labute approximate surface area is 118 Å². The van der Waals surface area contributed by atoms with Crippen LogP contribution in [0.1, 0.15) is 24.5 Å². The summed E-state index contributed by atoms with van der Waals surface area (Å²) in [4.78, 5) is 4.63. The molecule has 1 fully saturated rings. The lowest BCUT2D eigenvalue weighted by Crippen LogP contribution is -2.45. The first kappa shape index (κ1) is 15.3. The molecule has 0 spiro atoms. The van der Waals surface area contributed by atoms with Gasteiger partial charge in [-0.05, 0) is 24.6 Å². The fourth-order valence-electron chi connectivity index (χ4n) is 2.59. The number of nitrogens with zero attached hydrogens (tertiary/aromatic N) is 2. The van der Waals surface area contributed by atoms with Crippen LogP contribution in [0.25, 0.3) is 0 Å². The van der Waals surface area contributed by atoms with Crippen LogP contribution < -0.4 is 0 Å². The van der Waals surface area contributed by atoms with Crippen molar-refractivity contribution in [2.24, 2.45) is 0 Å². The highest BCUT2D eigenvalue weighted by atomic mass is 19.4. The van der Waals surface area contributed by atoms with Gasteiger partial charge in [0.1, 0.15) is 0 Å². The van der Waals surface area contributed by atoms with Crippen LogP contribution in [0.15, 0.2) is 24.3 Å². The lowest BCUT2D eigenvalue weighted by atomic mass is 10.1. The summed E-state index contributed by atoms with van der Waals surface area (Å²) in [5.41, 5.74) is 0.184. The number of halogens is 3. The summed E-state index contributed by atoms with van der Waals surface area (Å²) in [7, 11) is 0. The highest BCUT2D eigenvalue weighted by Crippen LogP contribution is 2.29. The SMILES string of the molecule is CCCN1CCN(Cc2cccc(C(F)(F)F)c2)CC1. The normalized spacial score (nSPS) is 18.4. The molecule has 1 aromatic rings. The molecule has 1 aliphatic rings. The third-order valence-electron chi connectivity index (χ3n) is 3.67. The maximum Gasteiger partial charge on any atom is 0.416 e. The zero-order chi connectivity index (χ0) is 14.6. The fourth-order valence-corrected chi connectivity index (χ4v) is 2.59. The summed E-state index contributed by atoms with van der Waals surface area (Å²) >= 11 is 0. The van der Waals surface area contributed by atoms with Crippen LogP contribution in [0.4, 0.5) is 13.2 Å².